The van der Waals surface area contributed by atoms with Crippen molar-refractivity contribution in [1.82, 2.24) is 19.7 Å². The summed E-state index contributed by atoms with van der Waals surface area (Å²) in [7, 11) is 0. The quantitative estimate of drug-likeness (QED) is 0.198. The topological polar surface area (TPSA) is 106 Å². The summed E-state index contributed by atoms with van der Waals surface area (Å²) in [6.07, 6.45) is 1.08. The van der Waals surface area contributed by atoms with Gasteiger partial charge in [0.2, 0.25) is 0 Å². The molecule has 42 heavy (non-hydrogen) atoms. The molecule has 3 aromatic carbocycles. The number of rotatable bonds is 10. The van der Waals surface area contributed by atoms with Crippen molar-refractivity contribution in [2.75, 3.05) is 0 Å². The first kappa shape index (κ1) is 28.7. The first-order valence-electron chi connectivity index (χ1n) is 14.1. The maximum Gasteiger partial charge on any atom is 0.261 e. The van der Waals surface area contributed by atoms with Gasteiger partial charge in [-0.1, -0.05) is 68.4 Å². The first-order valence-corrected chi connectivity index (χ1v) is 14.1. The number of aromatic nitrogens is 4. The van der Waals surface area contributed by atoms with Gasteiger partial charge in [0.05, 0.1) is 23.9 Å². The number of ether oxygens (including phenoxy) is 1. The molecule has 5 rings (SSSR count). The maximum absolute atomic E-state index is 14.9. The van der Waals surface area contributed by atoms with Crippen molar-refractivity contribution in [3.05, 3.63) is 100.0 Å². The van der Waals surface area contributed by atoms with E-state index in [1.165, 1.54) is 6.07 Å². The third-order valence-electron chi connectivity index (χ3n) is 6.90. The number of hydrogen-bond donors (Lipinski definition) is 0. The van der Waals surface area contributed by atoms with E-state index >= 15 is 0 Å². The standard InChI is InChI=1S/C33H33FN4O4/c1-5-9-29-35-27(6-2)30(23-16-17-28(26(34)18-23)41-20(3)4)32(39)38(29)19-21-12-14-22(15-13-21)24-10-7-8-11-25(24)31-36-33(40)42-37-31/h7-8,10-18,20H,5-6,9,19H2,1-4H3,(H,36,37,40)/p-1. The molecule has 0 aliphatic rings. The second-order valence-electron chi connectivity index (χ2n) is 10.3. The zero-order chi connectivity index (χ0) is 29.8. The Morgan fingerprint density at radius 3 is 2.31 bits per heavy atom. The lowest BCUT2D eigenvalue weighted by atomic mass is 9.98. The molecule has 0 spiro atoms. The highest BCUT2D eigenvalue weighted by Gasteiger charge is 2.19. The van der Waals surface area contributed by atoms with Crippen LogP contribution in [0.2, 0.25) is 0 Å². The van der Waals surface area contributed by atoms with E-state index in [1.807, 2.05) is 76.2 Å². The molecule has 0 N–H and O–H groups in total. The van der Waals surface area contributed by atoms with Crippen LogP contribution in [0.25, 0.3) is 33.6 Å². The van der Waals surface area contributed by atoms with Crippen molar-refractivity contribution in [3.63, 3.8) is 0 Å². The lowest BCUT2D eigenvalue weighted by molar-refractivity contribution is -0.303. The normalized spacial score (nSPS) is 11.3. The van der Waals surface area contributed by atoms with Crippen LogP contribution < -0.4 is 15.4 Å². The highest BCUT2D eigenvalue weighted by atomic mass is 19.1. The van der Waals surface area contributed by atoms with E-state index in [0.29, 0.717) is 47.6 Å². The minimum Gasteiger partial charge on any atom is -0.528 e. The van der Waals surface area contributed by atoms with Crippen LogP contribution in [-0.2, 0) is 19.4 Å². The van der Waals surface area contributed by atoms with Crippen molar-refractivity contribution in [2.45, 2.75) is 59.6 Å². The van der Waals surface area contributed by atoms with Gasteiger partial charge in [-0.05, 0) is 61.1 Å². The molecule has 0 amide bonds. The summed E-state index contributed by atoms with van der Waals surface area (Å²) in [4.78, 5) is 22.8. The molecular formula is C33H32FN4O4-. The van der Waals surface area contributed by atoms with Gasteiger partial charge in [0, 0.05) is 12.0 Å². The molecule has 9 heteroatoms. The zero-order valence-electron chi connectivity index (χ0n) is 24.1. The van der Waals surface area contributed by atoms with Gasteiger partial charge in [0.15, 0.2) is 23.5 Å². The largest absolute Gasteiger partial charge is 0.528 e. The van der Waals surface area contributed by atoms with Crippen molar-refractivity contribution in [2.24, 2.45) is 0 Å². The molecule has 0 aliphatic heterocycles. The molecule has 0 fully saturated rings. The molecule has 0 saturated carbocycles. The third-order valence-corrected chi connectivity index (χ3v) is 6.90. The van der Waals surface area contributed by atoms with Crippen LogP contribution in [0.5, 0.6) is 11.8 Å². The number of nitrogens with zero attached hydrogens (tertiary/aromatic N) is 4. The fourth-order valence-corrected chi connectivity index (χ4v) is 5.00. The Hall–Kier alpha value is -4.79. The van der Waals surface area contributed by atoms with Crippen LogP contribution >= 0.6 is 0 Å². The zero-order valence-corrected chi connectivity index (χ0v) is 24.1. The minimum absolute atomic E-state index is 0.150. The number of halogens is 1. The van der Waals surface area contributed by atoms with Crippen molar-refractivity contribution in [3.8, 4) is 45.5 Å². The Labute approximate surface area is 243 Å². The van der Waals surface area contributed by atoms with Crippen LogP contribution in [0.15, 0.2) is 76.0 Å². The Morgan fingerprint density at radius 2 is 1.69 bits per heavy atom. The summed E-state index contributed by atoms with van der Waals surface area (Å²) in [5.74, 6) is 0.556. The summed E-state index contributed by atoms with van der Waals surface area (Å²) in [5, 5.41) is 15.2. The Bertz CT molecular complexity index is 1760. The summed E-state index contributed by atoms with van der Waals surface area (Å²) in [6, 6.07) is 19.9. The highest BCUT2D eigenvalue weighted by molar-refractivity contribution is 5.80. The monoisotopic (exact) mass is 567 g/mol. The van der Waals surface area contributed by atoms with Gasteiger partial charge in [0.1, 0.15) is 5.82 Å². The van der Waals surface area contributed by atoms with Crippen LogP contribution in [0.4, 0.5) is 4.39 Å². The molecule has 5 aromatic rings. The first-order chi connectivity index (χ1) is 20.3. The van der Waals surface area contributed by atoms with Crippen molar-refractivity contribution >= 4 is 0 Å². The molecule has 8 nitrogen and oxygen atoms in total. The summed E-state index contributed by atoms with van der Waals surface area (Å²) in [6.45, 7) is 7.97. The van der Waals surface area contributed by atoms with Crippen LogP contribution in [0, 0.1) is 5.82 Å². The van der Waals surface area contributed by atoms with Gasteiger partial charge >= 0.3 is 0 Å². The SMILES string of the molecule is CCCc1nc(CC)c(-c2ccc(OC(C)C)c(F)c2)c(=O)n1Cc1ccc(-c2ccccc2-c2noc([O-])n2)cc1. The fraction of sp³-hybridized carbons (Fsp3) is 0.273. The summed E-state index contributed by atoms with van der Waals surface area (Å²) >= 11 is 0. The molecule has 0 atom stereocenters. The molecule has 2 aromatic heterocycles. The minimum atomic E-state index is -0.742. The number of benzene rings is 3. The van der Waals surface area contributed by atoms with Gasteiger partial charge in [0.25, 0.3) is 5.56 Å². The van der Waals surface area contributed by atoms with E-state index in [9.17, 15) is 14.3 Å². The van der Waals surface area contributed by atoms with Gasteiger partial charge in [-0.3, -0.25) is 9.36 Å². The van der Waals surface area contributed by atoms with Crippen LogP contribution in [-0.4, -0.2) is 25.8 Å². The average Bonchev–Trinajstić information content (AvgIpc) is 3.42. The Kier molecular flexibility index (Phi) is 8.47. The molecule has 0 unspecified atom stereocenters. The predicted octanol–water partition coefficient (Wildman–Crippen LogP) is 6.19. The summed E-state index contributed by atoms with van der Waals surface area (Å²) in [5.41, 5.74) is 4.64. The maximum atomic E-state index is 14.9. The van der Waals surface area contributed by atoms with Gasteiger partial charge < -0.3 is 14.4 Å². The molecule has 0 saturated heterocycles. The van der Waals surface area contributed by atoms with E-state index in [-0.39, 0.29) is 23.2 Å². The second kappa shape index (κ2) is 12.4. The third kappa shape index (κ3) is 5.95. The van der Waals surface area contributed by atoms with E-state index in [1.54, 1.807) is 16.7 Å². The molecule has 0 bridgehead atoms. The lowest BCUT2D eigenvalue weighted by Gasteiger charge is -2.18. The van der Waals surface area contributed by atoms with Gasteiger partial charge in [-0.2, -0.15) is 5.16 Å². The van der Waals surface area contributed by atoms with E-state index in [0.717, 1.165) is 23.1 Å². The van der Waals surface area contributed by atoms with Crippen LogP contribution in [0.1, 0.15) is 51.2 Å². The Balaban J connectivity index is 1.52. The van der Waals surface area contributed by atoms with Gasteiger partial charge in [-0.25, -0.2) is 14.4 Å². The number of hydrogen-bond acceptors (Lipinski definition) is 7. The van der Waals surface area contributed by atoms with E-state index < -0.39 is 11.9 Å². The molecule has 0 radical (unpaired) electrons. The molecule has 2 heterocycles. The average molecular weight is 568 g/mol. The molecule has 216 valence electrons. The molecular weight excluding hydrogens is 535 g/mol. The second-order valence-corrected chi connectivity index (χ2v) is 10.3. The molecule has 0 aliphatic carbocycles. The van der Waals surface area contributed by atoms with E-state index in [4.69, 9.17) is 9.72 Å². The smallest absolute Gasteiger partial charge is 0.261 e. The van der Waals surface area contributed by atoms with Crippen molar-refractivity contribution in [1.29, 1.82) is 0 Å². The summed E-state index contributed by atoms with van der Waals surface area (Å²) < 4.78 is 26.8. The predicted molar refractivity (Wildman–Crippen MR) is 157 cm³/mol. The Morgan fingerprint density at radius 1 is 0.976 bits per heavy atom. The van der Waals surface area contributed by atoms with Crippen LogP contribution in [0.3, 0.4) is 0 Å². The van der Waals surface area contributed by atoms with E-state index in [2.05, 4.69) is 14.7 Å². The lowest BCUT2D eigenvalue weighted by Crippen LogP contribution is -2.29. The van der Waals surface area contributed by atoms with Crippen molar-refractivity contribution < 1.29 is 18.8 Å². The number of aryl methyl sites for hydroxylation is 2. The highest BCUT2D eigenvalue weighted by Crippen LogP contribution is 2.31. The fourth-order valence-electron chi connectivity index (χ4n) is 5.00. The van der Waals surface area contributed by atoms with Gasteiger partial charge in [-0.15, -0.1) is 0 Å².